The van der Waals surface area contributed by atoms with Crippen LogP contribution in [-0.2, 0) is 12.8 Å². The monoisotopic (exact) mass is 418 g/mol. The van der Waals surface area contributed by atoms with E-state index in [1.54, 1.807) is 0 Å². The zero-order valence-electron chi connectivity index (χ0n) is 18.8. The second kappa shape index (κ2) is 8.66. The van der Waals surface area contributed by atoms with E-state index in [1.165, 1.54) is 42.4 Å². The quantitative estimate of drug-likeness (QED) is 0.724. The first-order chi connectivity index (χ1) is 15.1. The van der Waals surface area contributed by atoms with Crippen molar-refractivity contribution in [1.82, 2.24) is 10.2 Å². The number of hydrogen-bond donors (Lipinski definition) is 1. The molecule has 2 fully saturated rings. The van der Waals surface area contributed by atoms with Gasteiger partial charge < -0.3 is 15.0 Å². The lowest BCUT2D eigenvalue weighted by atomic mass is 9.85. The number of nitrogens with one attached hydrogen (secondary N) is 1. The lowest BCUT2D eigenvalue weighted by Crippen LogP contribution is -2.40. The Morgan fingerprint density at radius 3 is 2.55 bits per heavy atom. The summed E-state index contributed by atoms with van der Waals surface area (Å²) < 4.78 is 5.80. The van der Waals surface area contributed by atoms with Crippen molar-refractivity contribution in [3.05, 3.63) is 64.7 Å². The van der Waals surface area contributed by atoms with Gasteiger partial charge in [-0.15, -0.1) is 0 Å². The van der Waals surface area contributed by atoms with Crippen LogP contribution in [0.5, 0.6) is 5.75 Å². The van der Waals surface area contributed by atoms with Crippen molar-refractivity contribution in [2.24, 2.45) is 5.92 Å². The van der Waals surface area contributed by atoms with Gasteiger partial charge in [-0.25, -0.2) is 0 Å². The van der Waals surface area contributed by atoms with E-state index in [2.05, 4.69) is 30.4 Å². The Kier molecular flexibility index (Phi) is 5.75. The number of nitrogens with zero attached hydrogens (tertiary/aromatic N) is 1. The molecule has 0 bridgehead atoms. The Bertz CT molecular complexity index is 935. The predicted molar refractivity (Wildman–Crippen MR) is 124 cm³/mol. The summed E-state index contributed by atoms with van der Waals surface area (Å²) in [6.07, 6.45) is 8.05. The summed E-state index contributed by atoms with van der Waals surface area (Å²) in [4.78, 5) is 15.0. The summed E-state index contributed by atoms with van der Waals surface area (Å²) in [6.45, 7) is 3.07. The maximum atomic E-state index is 13.1. The van der Waals surface area contributed by atoms with Crippen LogP contribution in [0.2, 0.25) is 0 Å². The first-order valence-electron chi connectivity index (χ1n) is 11.9. The molecule has 0 spiro atoms. The van der Waals surface area contributed by atoms with Crippen LogP contribution in [0.3, 0.4) is 0 Å². The van der Waals surface area contributed by atoms with Crippen LogP contribution in [0, 0.1) is 5.92 Å². The van der Waals surface area contributed by atoms with E-state index < -0.39 is 0 Å². The molecule has 3 atom stereocenters. The van der Waals surface area contributed by atoms with Gasteiger partial charge >= 0.3 is 0 Å². The molecule has 3 aliphatic rings. The molecule has 0 aromatic heterocycles. The number of benzene rings is 2. The molecule has 1 amide bonds. The third kappa shape index (κ3) is 4.64. The third-order valence-electron chi connectivity index (χ3n) is 7.36. The Morgan fingerprint density at radius 2 is 1.84 bits per heavy atom. The van der Waals surface area contributed by atoms with Crippen molar-refractivity contribution in [1.29, 1.82) is 0 Å². The van der Waals surface area contributed by atoms with Gasteiger partial charge in [-0.2, -0.15) is 0 Å². The molecule has 2 aromatic rings. The summed E-state index contributed by atoms with van der Waals surface area (Å²) in [7, 11) is 1.95. The Morgan fingerprint density at radius 1 is 1.03 bits per heavy atom. The number of rotatable bonds is 6. The van der Waals surface area contributed by atoms with Crippen LogP contribution in [-0.4, -0.2) is 36.5 Å². The molecule has 164 valence electrons. The van der Waals surface area contributed by atoms with Crippen LogP contribution in [0.1, 0.15) is 72.1 Å². The van der Waals surface area contributed by atoms with Crippen molar-refractivity contribution in [2.45, 2.75) is 70.0 Å². The van der Waals surface area contributed by atoms with Crippen LogP contribution < -0.4 is 10.1 Å². The number of carbonyl (C=O) groups excluding carboxylic acids is 1. The minimum atomic E-state index is 0.1000. The number of aryl methyl sites for hydroxylation is 1. The van der Waals surface area contributed by atoms with Crippen molar-refractivity contribution in [3.63, 3.8) is 0 Å². The summed E-state index contributed by atoms with van der Waals surface area (Å²) in [5.41, 5.74) is 5.03. The van der Waals surface area contributed by atoms with Gasteiger partial charge in [0, 0.05) is 30.7 Å². The molecule has 1 saturated heterocycles. The summed E-state index contributed by atoms with van der Waals surface area (Å²) in [5.74, 6) is 1.69. The summed E-state index contributed by atoms with van der Waals surface area (Å²) in [6, 6.07) is 16.0. The van der Waals surface area contributed by atoms with E-state index >= 15 is 0 Å². The van der Waals surface area contributed by atoms with Gasteiger partial charge in [0.25, 0.3) is 5.91 Å². The Balaban J connectivity index is 1.21. The van der Waals surface area contributed by atoms with E-state index in [0.717, 1.165) is 43.1 Å². The molecule has 1 heterocycles. The average Bonchev–Trinajstić information content (AvgIpc) is 3.54. The minimum absolute atomic E-state index is 0.1000. The van der Waals surface area contributed by atoms with Crippen molar-refractivity contribution < 1.29 is 9.53 Å². The zero-order valence-corrected chi connectivity index (χ0v) is 18.8. The smallest absolute Gasteiger partial charge is 0.253 e. The second-order valence-electron chi connectivity index (χ2n) is 9.82. The van der Waals surface area contributed by atoms with E-state index in [4.69, 9.17) is 4.74 Å². The largest absolute Gasteiger partial charge is 0.493 e. The highest BCUT2D eigenvalue weighted by atomic mass is 16.5. The first-order valence-corrected chi connectivity index (χ1v) is 11.9. The molecule has 1 unspecified atom stereocenters. The molecule has 1 saturated carbocycles. The minimum Gasteiger partial charge on any atom is -0.493 e. The molecule has 31 heavy (non-hydrogen) atoms. The van der Waals surface area contributed by atoms with E-state index in [9.17, 15) is 4.79 Å². The van der Waals surface area contributed by atoms with Crippen LogP contribution >= 0.6 is 0 Å². The molecule has 4 heteroatoms. The van der Waals surface area contributed by atoms with Crippen molar-refractivity contribution in [2.75, 3.05) is 13.7 Å². The lowest BCUT2D eigenvalue weighted by molar-refractivity contribution is 0.0719. The highest BCUT2D eigenvalue weighted by molar-refractivity contribution is 5.94. The van der Waals surface area contributed by atoms with Gasteiger partial charge in [-0.3, -0.25) is 4.79 Å². The van der Waals surface area contributed by atoms with Gasteiger partial charge in [-0.1, -0.05) is 18.2 Å². The fraction of sp³-hybridized carbons (Fsp3) is 0.519. The van der Waals surface area contributed by atoms with E-state index in [-0.39, 0.29) is 11.9 Å². The number of ether oxygens (including phenoxy) is 1. The third-order valence-corrected chi connectivity index (χ3v) is 7.36. The molecule has 1 aliphatic heterocycles. The number of hydrogen-bond acceptors (Lipinski definition) is 3. The number of fused-ring (bicyclic) bond motifs is 1. The SMILES string of the molecule is C[C@H]1CC[C@H](c2ccc3c(c2)CCC(N(C)C(=O)c2ccc(OCC4CC4)cc2)C3)N1. The Labute approximate surface area is 186 Å². The molecule has 0 radical (unpaired) electrons. The van der Waals surface area contributed by atoms with Crippen LogP contribution in [0.4, 0.5) is 0 Å². The lowest BCUT2D eigenvalue weighted by Gasteiger charge is -2.33. The summed E-state index contributed by atoms with van der Waals surface area (Å²) in [5, 5.41) is 3.70. The van der Waals surface area contributed by atoms with Crippen molar-refractivity contribution in [3.8, 4) is 5.75 Å². The Hall–Kier alpha value is -2.33. The van der Waals surface area contributed by atoms with Gasteiger partial charge in [0.05, 0.1) is 6.61 Å². The highest BCUT2D eigenvalue weighted by Crippen LogP contribution is 2.32. The molecule has 4 nitrogen and oxygen atoms in total. The van der Waals surface area contributed by atoms with Crippen LogP contribution in [0.15, 0.2) is 42.5 Å². The van der Waals surface area contributed by atoms with Gasteiger partial charge in [0.2, 0.25) is 0 Å². The predicted octanol–water partition coefficient (Wildman–Crippen LogP) is 4.92. The molecular formula is C27H34N2O2. The molecule has 1 N–H and O–H groups in total. The van der Waals surface area contributed by atoms with Crippen molar-refractivity contribution >= 4 is 5.91 Å². The molecule has 2 aliphatic carbocycles. The van der Waals surface area contributed by atoms with Gasteiger partial charge in [0.15, 0.2) is 0 Å². The zero-order chi connectivity index (χ0) is 21.4. The maximum absolute atomic E-state index is 13.1. The van der Waals surface area contributed by atoms with Gasteiger partial charge in [-0.05, 0) is 98.7 Å². The van der Waals surface area contributed by atoms with E-state index in [0.29, 0.717) is 12.1 Å². The molecule has 2 aromatic carbocycles. The normalized spacial score (nSPS) is 25.2. The van der Waals surface area contributed by atoms with E-state index in [1.807, 2.05) is 36.2 Å². The van der Waals surface area contributed by atoms with Crippen LogP contribution in [0.25, 0.3) is 0 Å². The first kappa shape index (κ1) is 20.6. The highest BCUT2D eigenvalue weighted by Gasteiger charge is 2.28. The molecule has 5 rings (SSSR count). The summed E-state index contributed by atoms with van der Waals surface area (Å²) >= 11 is 0. The topological polar surface area (TPSA) is 41.6 Å². The standard InChI is InChI=1S/C27H34N2O2/c1-18-3-14-26(28-18)23-7-6-22-16-24(11-8-21(22)15-23)29(2)27(30)20-9-12-25(13-10-20)31-17-19-4-5-19/h6-7,9-10,12-13,15,18-19,24,26,28H,3-5,8,11,14,16-17H2,1-2H3/t18-,24?,26+/m0/s1. The van der Waals surface area contributed by atoms with Gasteiger partial charge in [0.1, 0.15) is 5.75 Å². The molecular weight excluding hydrogens is 384 g/mol. The number of carbonyl (C=O) groups is 1. The number of likely N-dealkylation sites (N-methyl/N-ethyl adjacent to an activating group) is 1. The maximum Gasteiger partial charge on any atom is 0.253 e. The second-order valence-corrected chi connectivity index (χ2v) is 9.82. The fourth-order valence-corrected chi connectivity index (χ4v) is 5.05. The fourth-order valence-electron chi connectivity index (χ4n) is 5.05. The number of amides is 1. The average molecular weight is 419 g/mol.